The fraction of sp³-hybridized carbons (Fsp3) is 0.222. The van der Waals surface area contributed by atoms with Crippen LogP contribution in [-0.4, -0.2) is 17.6 Å². The predicted octanol–water partition coefficient (Wildman–Crippen LogP) is 2.18. The van der Waals surface area contributed by atoms with Gasteiger partial charge in [0.25, 0.3) is 0 Å². The molecule has 0 aromatic heterocycles. The molecule has 13 heavy (non-hydrogen) atoms. The van der Waals surface area contributed by atoms with Crippen LogP contribution in [-0.2, 0) is 4.79 Å². The van der Waals surface area contributed by atoms with E-state index in [2.05, 4.69) is 27.9 Å². The molecule has 2 N–H and O–H groups in total. The molecule has 1 rings (SSSR count). The lowest BCUT2D eigenvalue weighted by Crippen LogP contribution is -2.07. The Labute approximate surface area is 90.3 Å². The zero-order valence-corrected chi connectivity index (χ0v) is 9.11. The summed E-state index contributed by atoms with van der Waals surface area (Å²) in [6.07, 6.45) is 0.144. The van der Waals surface area contributed by atoms with Crippen molar-refractivity contribution in [2.45, 2.75) is 6.42 Å². The maximum atomic E-state index is 10.2. The van der Waals surface area contributed by atoms with Gasteiger partial charge in [0.2, 0.25) is 0 Å². The number of carboxylic acid groups (broad SMARTS) is 1. The number of rotatable bonds is 4. The number of carbonyl (C=O) groups is 1. The maximum Gasteiger partial charge on any atom is 0.305 e. The molecule has 3 nitrogen and oxygen atoms in total. The Kier molecular flexibility index (Phi) is 4.01. The van der Waals surface area contributed by atoms with Crippen LogP contribution >= 0.6 is 22.6 Å². The molecular weight excluding hydrogens is 281 g/mol. The Morgan fingerprint density at radius 2 is 2.31 bits per heavy atom. The van der Waals surface area contributed by atoms with E-state index in [1.165, 1.54) is 0 Å². The molecule has 4 heteroatoms. The molecule has 1 aromatic carbocycles. The third-order valence-electron chi connectivity index (χ3n) is 1.49. The molecule has 0 saturated carbocycles. The first-order valence-electron chi connectivity index (χ1n) is 3.90. The minimum atomic E-state index is -0.780. The van der Waals surface area contributed by atoms with Gasteiger partial charge in [-0.05, 0) is 40.8 Å². The van der Waals surface area contributed by atoms with Crippen molar-refractivity contribution < 1.29 is 9.90 Å². The molecular formula is C9H10INO2. The average Bonchev–Trinajstić information content (AvgIpc) is 2.03. The number of halogens is 1. The molecule has 0 unspecified atom stereocenters. The number of anilines is 1. The van der Waals surface area contributed by atoms with Gasteiger partial charge in [0.05, 0.1) is 6.42 Å². The second kappa shape index (κ2) is 5.06. The minimum absolute atomic E-state index is 0.144. The summed E-state index contributed by atoms with van der Waals surface area (Å²) in [4.78, 5) is 10.2. The SMILES string of the molecule is O=C(O)CCNc1cccc(I)c1. The van der Waals surface area contributed by atoms with Crippen molar-refractivity contribution in [2.24, 2.45) is 0 Å². The summed E-state index contributed by atoms with van der Waals surface area (Å²) in [6, 6.07) is 7.82. The second-order valence-electron chi connectivity index (χ2n) is 2.58. The standard InChI is InChI=1S/C9H10INO2/c10-7-2-1-3-8(6-7)11-5-4-9(12)13/h1-3,6,11H,4-5H2,(H,12,13). The van der Waals surface area contributed by atoms with Crippen LogP contribution in [0.15, 0.2) is 24.3 Å². The molecule has 0 aliphatic heterocycles. The van der Waals surface area contributed by atoms with E-state index in [-0.39, 0.29) is 6.42 Å². The van der Waals surface area contributed by atoms with E-state index in [4.69, 9.17) is 5.11 Å². The van der Waals surface area contributed by atoms with Gasteiger partial charge in [-0.2, -0.15) is 0 Å². The van der Waals surface area contributed by atoms with Gasteiger partial charge >= 0.3 is 5.97 Å². The second-order valence-corrected chi connectivity index (χ2v) is 3.83. The lowest BCUT2D eigenvalue weighted by atomic mass is 10.3. The van der Waals surface area contributed by atoms with E-state index in [0.717, 1.165) is 9.26 Å². The summed E-state index contributed by atoms with van der Waals surface area (Å²) in [5.74, 6) is -0.780. The van der Waals surface area contributed by atoms with Crippen LogP contribution in [0.2, 0.25) is 0 Å². The highest BCUT2D eigenvalue weighted by atomic mass is 127. The van der Waals surface area contributed by atoms with E-state index in [1.807, 2.05) is 24.3 Å². The zero-order valence-electron chi connectivity index (χ0n) is 6.96. The van der Waals surface area contributed by atoms with Crippen LogP contribution in [0.4, 0.5) is 5.69 Å². The Morgan fingerprint density at radius 1 is 1.54 bits per heavy atom. The Bertz CT molecular complexity index is 301. The summed E-state index contributed by atoms with van der Waals surface area (Å²) >= 11 is 2.21. The van der Waals surface area contributed by atoms with E-state index < -0.39 is 5.97 Å². The van der Waals surface area contributed by atoms with Crippen molar-refractivity contribution in [3.05, 3.63) is 27.8 Å². The highest BCUT2D eigenvalue weighted by Gasteiger charge is 1.96. The minimum Gasteiger partial charge on any atom is -0.481 e. The largest absolute Gasteiger partial charge is 0.481 e. The lowest BCUT2D eigenvalue weighted by molar-refractivity contribution is -0.136. The van der Waals surface area contributed by atoms with Crippen molar-refractivity contribution in [3.8, 4) is 0 Å². The summed E-state index contributed by atoms with van der Waals surface area (Å²) in [5.41, 5.74) is 0.966. The highest BCUT2D eigenvalue weighted by molar-refractivity contribution is 14.1. The lowest BCUT2D eigenvalue weighted by Gasteiger charge is -2.03. The van der Waals surface area contributed by atoms with Crippen molar-refractivity contribution in [3.63, 3.8) is 0 Å². The van der Waals surface area contributed by atoms with Crippen molar-refractivity contribution in [2.75, 3.05) is 11.9 Å². The van der Waals surface area contributed by atoms with E-state index >= 15 is 0 Å². The van der Waals surface area contributed by atoms with Gasteiger partial charge in [-0.25, -0.2) is 0 Å². The van der Waals surface area contributed by atoms with Crippen molar-refractivity contribution in [1.29, 1.82) is 0 Å². The van der Waals surface area contributed by atoms with Gasteiger partial charge < -0.3 is 10.4 Å². The molecule has 0 spiro atoms. The number of aliphatic carboxylic acids is 1. The molecule has 0 aliphatic rings. The average molecular weight is 291 g/mol. The number of hydrogen-bond donors (Lipinski definition) is 2. The van der Waals surface area contributed by atoms with Crippen LogP contribution < -0.4 is 5.32 Å². The maximum absolute atomic E-state index is 10.2. The molecule has 0 atom stereocenters. The zero-order chi connectivity index (χ0) is 9.68. The smallest absolute Gasteiger partial charge is 0.305 e. The fourth-order valence-electron chi connectivity index (χ4n) is 0.912. The van der Waals surface area contributed by atoms with E-state index in [1.54, 1.807) is 0 Å². The molecule has 0 radical (unpaired) electrons. The number of nitrogens with one attached hydrogen (secondary N) is 1. The van der Waals surface area contributed by atoms with Crippen molar-refractivity contribution in [1.82, 2.24) is 0 Å². The van der Waals surface area contributed by atoms with Gasteiger partial charge in [-0.1, -0.05) is 6.07 Å². The number of benzene rings is 1. The first kappa shape index (κ1) is 10.3. The molecule has 0 saturated heterocycles. The number of hydrogen-bond acceptors (Lipinski definition) is 2. The molecule has 1 aromatic rings. The third-order valence-corrected chi connectivity index (χ3v) is 2.16. The Balaban J connectivity index is 2.41. The van der Waals surface area contributed by atoms with Gasteiger partial charge in [0, 0.05) is 15.8 Å². The molecule has 0 amide bonds. The summed E-state index contributed by atoms with van der Waals surface area (Å²) in [5, 5.41) is 11.4. The van der Waals surface area contributed by atoms with E-state index in [0.29, 0.717) is 6.54 Å². The molecule has 0 bridgehead atoms. The highest BCUT2D eigenvalue weighted by Crippen LogP contribution is 2.11. The third kappa shape index (κ3) is 4.12. The molecule has 70 valence electrons. The predicted molar refractivity (Wildman–Crippen MR) is 59.9 cm³/mol. The van der Waals surface area contributed by atoms with Crippen LogP contribution in [0.3, 0.4) is 0 Å². The van der Waals surface area contributed by atoms with Crippen LogP contribution in [0.5, 0.6) is 0 Å². The van der Waals surface area contributed by atoms with Crippen LogP contribution in [0, 0.1) is 3.57 Å². The summed E-state index contributed by atoms with van der Waals surface area (Å²) in [7, 11) is 0. The molecule has 0 fully saturated rings. The first-order chi connectivity index (χ1) is 6.18. The fourth-order valence-corrected chi connectivity index (χ4v) is 1.46. The topological polar surface area (TPSA) is 49.3 Å². The van der Waals surface area contributed by atoms with Crippen LogP contribution in [0.25, 0.3) is 0 Å². The van der Waals surface area contributed by atoms with Gasteiger partial charge in [-0.15, -0.1) is 0 Å². The molecule has 0 heterocycles. The monoisotopic (exact) mass is 291 g/mol. The Hall–Kier alpha value is -0.780. The quantitative estimate of drug-likeness (QED) is 0.836. The van der Waals surface area contributed by atoms with Gasteiger partial charge in [0.15, 0.2) is 0 Å². The summed E-state index contributed by atoms with van der Waals surface area (Å²) in [6.45, 7) is 0.468. The van der Waals surface area contributed by atoms with Crippen molar-refractivity contribution >= 4 is 34.2 Å². The van der Waals surface area contributed by atoms with E-state index in [9.17, 15) is 4.79 Å². The number of carboxylic acids is 1. The normalized spacial score (nSPS) is 9.62. The van der Waals surface area contributed by atoms with Gasteiger partial charge in [0.1, 0.15) is 0 Å². The van der Waals surface area contributed by atoms with Gasteiger partial charge in [-0.3, -0.25) is 4.79 Å². The molecule has 0 aliphatic carbocycles. The summed E-state index contributed by atoms with van der Waals surface area (Å²) < 4.78 is 1.14. The Morgan fingerprint density at radius 3 is 2.92 bits per heavy atom. The van der Waals surface area contributed by atoms with Crippen LogP contribution in [0.1, 0.15) is 6.42 Å². The first-order valence-corrected chi connectivity index (χ1v) is 4.97.